The third-order valence-corrected chi connectivity index (χ3v) is 5.21. The van der Waals surface area contributed by atoms with Gasteiger partial charge in [0.15, 0.2) is 17.3 Å². The Balaban J connectivity index is 1.29. The van der Waals surface area contributed by atoms with Crippen LogP contribution in [0.4, 0.5) is 5.69 Å². The van der Waals surface area contributed by atoms with Crippen LogP contribution in [-0.4, -0.2) is 49.4 Å². The highest BCUT2D eigenvalue weighted by atomic mass is 16.6. The molecule has 2 aromatic carbocycles. The summed E-state index contributed by atoms with van der Waals surface area (Å²) in [6.45, 7) is 2.87. The van der Waals surface area contributed by atoms with Crippen LogP contribution in [0.2, 0.25) is 0 Å². The second kappa shape index (κ2) is 8.44. The molecule has 0 aliphatic carbocycles. The second-order valence-corrected chi connectivity index (χ2v) is 7.19. The molecule has 146 valence electrons. The smallest absolute Gasteiger partial charge is 0.238 e. The van der Waals surface area contributed by atoms with Crippen LogP contribution in [0.5, 0.6) is 11.5 Å². The Kier molecular flexibility index (Phi) is 5.58. The van der Waals surface area contributed by atoms with Crippen molar-refractivity contribution in [1.29, 1.82) is 0 Å². The molecule has 6 nitrogen and oxygen atoms in total. The fraction of sp³-hybridized carbons (Fsp3) is 0.364. The summed E-state index contributed by atoms with van der Waals surface area (Å²) in [5.41, 5.74) is 1.47. The number of piperidine rings is 1. The number of ether oxygens (including phenoxy) is 2. The lowest BCUT2D eigenvalue weighted by Gasteiger charge is -2.30. The molecule has 2 aliphatic rings. The molecule has 0 radical (unpaired) electrons. The summed E-state index contributed by atoms with van der Waals surface area (Å²) >= 11 is 0. The van der Waals surface area contributed by atoms with E-state index < -0.39 is 0 Å². The fourth-order valence-corrected chi connectivity index (χ4v) is 3.71. The van der Waals surface area contributed by atoms with Crippen molar-refractivity contribution < 1.29 is 19.1 Å². The predicted octanol–water partition coefficient (Wildman–Crippen LogP) is 2.99. The van der Waals surface area contributed by atoms with Crippen molar-refractivity contribution in [3.05, 3.63) is 54.1 Å². The molecule has 4 rings (SSSR count). The van der Waals surface area contributed by atoms with Gasteiger partial charge in [-0.1, -0.05) is 18.2 Å². The molecule has 0 bridgehead atoms. The van der Waals surface area contributed by atoms with Gasteiger partial charge in [-0.05, 0) is 56.3 Å². The van der Waals surface area contributed by atoms with E-state index in [1.165, 1.54) is 0 Å². The maximum Gasteiger partial charge on any atom is 0.238 e. The monoisotopic (exact) mass is 380 g/mol. The number of fused-ring (bicyclic) bond motifs is 1. The zero-order chi connectivity index (χ0) is 19.3. The van der Waals surface area contributed by atoms with Crippen LogP contribution in [0.3, 0.4) is 0 Å². The summed E-state index contributed by atoms with van der Waals surface area (Å²) in [4.78, 5) is 27.2. The Morgan fingerprint density at radius 3 is 2.43 bits per heavy atom. The van der Waals surface area contributed by atoms with Crippen LogP contribution in [0.1, 0.15) is 23.2 Å². The van der Waals surface area contributed by atoms with Gasteiger partial charge in [-0.3, -0.25) is 14.5 Å². The number of carbonyl (C=O) groups excluding carboxylic acids is 2. The molecule has 0 atom stereocenters. The zero-order valence-electron chi connectivity index (χ0n) is 15.7. The molecule has 0 aromatic heterocycles. The van der Waals surface area contributed by atoms with Crippen molar-refractivity contribution in [2.24, 2.45) is 5.92 Å². The summed E-state index contributed by atoms with van der Waals surface area (Å²) in [6.07, 6.45) is 1.51. The average molecular weight is 380 g/mol. The molecule has 0 spiro atoms. The minimum atomic E-state index is -0.0252. The van der Waals surface area contributed by atoms with Crippen LogP contribution in [-0.2, 0) is 4.79 Å². The Hall–Kier alpha value is -2.86. The van der Waals surface area contributed by atoms with Crippen molar-refractivity contribution in [1.82, 2.24) is 4.90 Å². The van der Waals surface area contributed by atoms with E-state index in [1.54, 1.807) is 6.07 Å². The number of ketones is 1. The third kappa shape index (κ3) is 4.34. The van der Waals surface area contributed by atoms with Crippen LogP contribution in [0.15, 0.2) is 48.5 Å². The second-order valence-electron chi connectivity index (χ2n) is 7.19. The molecule has 1 fully saturated rings. The lowest BCUT2D eigenvalue weighted by Crippen LogP contribution is -2.40. The summed E-state index contributed by atoms with van der Waals surface area (Å²) in [6, 6.07) is 14.9. The van der Waals surface area contributed by atoms with E-state index in [0.29, 0.717) is 36.8 Å². The molecule has 6 heteroatoms. The van der Waals surface area contributed by atoms with Crippen molar-refractivity contribution >= 4 is 17.4 Å². The quantitative estimate of drug-likeness (QED) is 0.808. The minimum Gasteiger partial charge on any atom is -0.486 e. The lowest BCUT2D eigenvalue weighted by atomic mass is 9.88. The first-order chi connectivity index (χ1) is 13.7. The van der Waals surface area contributed by atoms with E-state index in [2.05, 4.69) is 10.2 Å². The number of hydrogen-bond acceptors (Lipinski definition) is 5. The van der Waals surface area contributed by atoms with Gasteiger partial charge in [0.25, 0.3) is 0 Å². The van der Waals surface area contributed by atoms with Gasteiger partial charge in [-0.2, -0.15) is 0 Å². The summed E-state index contributed by atoms with van der Waals surface area (Å²) in [7, 11) is 0. The Morgan fingerprint density at radius 1 is 0.964 bits per heavy atom. The molecule has 2 heterocycles. The first-order valence-corrected chi connectivity index (χ1v) is 9.70. The standard InChI is InChI=1S/C22H24N2O4/c25-21(23-18-4-2-1-3-5-18)15-24-10-8-16(9-11-24)22(26)17-6-7-19-20(14-17)28-13-12-27-19/h1-7,14,16H,8-13,15H2,(H,23,25). The van der Waals surface area contributed by atoms with E-state index in [1.807, 2.05) is 42.5 Å². The Labute approximate surface area is 164 Å². The van der Waals surface area contributed by atoms with Crippen molar-refractivity contribution in [2.45, 2.75) is 12.8 Å². The maximum absolute atomic E-state index is 12.9. The molecule has 0 saturated carbocycles. The highest BCUT2D eigenvalue weighted by Gasteiger charge is 2.27. The van der Waals surface area contributed by atoms with Crippen LogP contribution in [0.25, 0.3) is 0 Å². The molecule has 2 aliphatic heterocycles. The number of Topliss-reactive ketones (excluding diaryl/α,β-unsaturated/α-hetero) is 1. The molecular formula is C22H24N2O4. The predicted molar refractivity (Wildman–Crippen MR) is 106 cm³/mol. The number of amides is 1. The van der Waals surface area contributed by atoms with Gasteiger partial charge < -0.3 is 14.8 Å². The maximum atomic E-state index is 12.9. The lowest BCUT2D eigenvalue weighted by molar-refractivity contribution is -0.117. The molecule has 1 saturated heterocycles. The number of anilines is 1. The van der Waals surface area contributed by atoms with Crippen molar-refractivity contribution in [3.63, 3.8) is 0 Å². The molecule has 1 amide bonds. The third-order valence-electron chi connectivity index (χ3n) is 5.21. The molecule has 0 unspecified atom stereocenters. The normalized spacial score (nSPS) is 17.1. The van der Waals surface area contributed by atoms with Gasteiger partial charge in [0.2, 0.25) is 5.91 Å². The topological polar surface area (TPSA) is 67.9 Å². The molecule has 2 aromatic rings. The number of para-hydroxylation sites is 1. The fourth-order valence-electron chi connectivity index (χ4n) is 3.71. The van der Waals surface area contributed by atoms with E-state index in [0.717, 1.165) is 31.6 Å². The first-order valence-electron chi connectivity index (χ1n) is 9.70. The SMILES string of the molecule is O=C(CN1CCC(C(=O)c2ccc3c(c2)OCCO3)CC1)Nc1ccccc1. The Bertz CT molecular complexity index is 845. The highest BCUT2D eigenvalue weighted by molar-refractivity contribution is 5.98. The molecular weight excluding hydrogens is 356 g/mol. The first kappa shape index (κ1) is 18.5. The summed E-state index contributed by atoms with van der Waals surface area (Å²) < 4.78 is 11.1. The minimum absolute atomic E-state index is 0.0176. The number of carbonyl (C=O) groups is 2. The van der Waals surface area contributed by atoms with Gasteiger partial charge in [-0.15, -0.1) is 0 Å². The van der Waals surface area contributed by atoms with Gasteiger partial charge in [0.1, 0.15) is 13.2 Å². The van der Waals surface area contributed by atoms with E-state index in [4.69, 9.17) is 9.47 Å². The molecule has 1 N–H and O–H groups in total. The Morgan fingerprint density at radius 2 is 1.68 bits per heavy atom. The van der Waals surface area contributed by atoms with Crippen LogP contribution in [0, 0.1) is 5.92 Å². The van der Waals surface area contributed by atoms with Gasteiger partial charge in [0.05, 0.1) is 6.54 Å². The summed E-state index contributed by atoms with van der Waals surface area (Å²) in [5, 5.41) is 2.90. The number of rotatable bonds is 5. The average Bonchev–Trinajstić information content (AvgIpc) is 2.74. The summed E-state index contributed by atoms with van der Waals surface area (Å²) in [5.74, 6) is 1.44. The number of hydrogen-bond donors (Lipinski definition) is 1. The van der Waals surface area contributed by atoms with Gasteiger partial charge >= 0.3 is 0 Å². The zero-order valence-corrected chi connectivity index (χ0v) is 15.7. The number of benzene rings is 2. The number of likely N-dealkylation sites (tertiary alicyclic amines) is 1. The van der Waals surface area contributed by atoms with Crippen molar-refractivity contribution in [3.8, 4) is 11.5 Å². The van der Waals surface area contributed by atoms with Crippen LogP contribution < -0.4 is 14.8 Å². The highest BCUT2D eigenvalue weighted by Crippen LogP contribution is 2.32. The van der Waals surface area contributed by atoms with Crippen molar-refractivity contribution in [2.75, 3.05) is 38.2 Å². The van der Waals surface area contributed by atoms with E-state index >= 15 is 0 Å². The largest absolute Gasteiger partial charge is 0.486 e. The number of nitrogens with one attached hydrogen (secondary N) is 1. The van der Waals surface area contributed by atoms with Gasteiger partial charge in [-0.25, -0.2) is 0 Å². The van der Waals surface area contributed by atoms with E-state index in [9.17, 15) is 9.59 Å². The van der Waals surface area contributed by atoms with Gasteiger partial charge in [0, 0.05) is 17.2 Å². The van der Waals surface area contributed by atoms with Crippen LogP contribution >= 0.6 is 0 Å². The molecule has 28 heavy (non-hydrogen) atoms. The van der Waals surface area contributed by atoms with E-state index in [-0.39, 0.29) is 17.6 Å². The number of nitrogens with zero attached hydrogens (tertiary/aromatic N) is 1.